The second kappa shape index (κ2) is 5.47. The monoisotopic (exact) mass is 223 g/mol. The van der Waals surface area contributed by atoms with E-state index in [2.05, 4.69) is 21.5 Å². The Labute approximate surface area is 95.1 Å². The SMILES string of the molecule is CSC1CCC(NCc2cncnc2)C1. The predicted octanol–water partition coefficient (Wildman–Crippen LogP) is 1.85. The van der Waals surface area contributed by atoms with E-state index in [-0.39, 0.29) is 0 Å². The van der Waals surface area contributed by atoms with Crippen molar-refractivity contribution in [2.24, 2.45) is 0 Å². The molecule has 2 atom stereocenters. The zero-order chi connectivity index (χ0) is 10.5. The number of aromatic nitrogens is 2. The molecule has 0 aliphatic heterocycles. The topological polar surface area (TPSA) is 37.8 Å². The van der Waals surface area contributed by atoms with Crippen LogP contribution in [-0.2, 0) is 6.54 Å². The normalized spacial score (nSPS) is 25.7. The highest BCUT2D eigenvalue weighted by Gasteiger charge is 2.23. The number of thioether (sulfide) groups is 1. The Kier molecular flexibility index (Phi) is 3.97. The van der Waals surface area contributed by atoms with Gasteiger partial charge in [0, 0.05) is 35.8 Å². The highest BCUT2D eigenvalue weighted by atomic mass is 32.2. The molecule has 0 amide bonds. The van der Waals surface area contributed by atoms with Gasteiger partial charge in [0.2, 0.25) is 0 Å². The number of hydrogen-bond donors (Lipinski definition) is 1. The van der Waals surface area contributed by atoms with Gasteiger partial charge in [-0.15, -0.1) is 0 Å². The molecule has 0 spiro atoms. The van der Waals surface area contributed by atoms with Crippen molar-refractivity contribution in [3.8, 4) is 0 Å². The number of rotatable bonds is 4. The molecule has 82 valence electrons. The Hall–Kier alpha value is -0.610. The summed E-state index contributed by atoms with van der Waals surface area (Å²) in [5.74, 6) is 0. The lowest BCUT2D eigenvalue weighted by molar-refractivity contribution is 0.524. The first-order valence-electron chi connectivity index (χ1n) is 5.38. The van der Waals surface area contributed by atoms with Crippen molar-refractivity contribution in [3.05, 3.63) is 24.3 Å². The minimum Gasteiger partial charge on any atom is -0.310 e. The molecule has 1 fully saturated rings. The van der Waals surface area contributed by atoms with Crippen LogP contribution in [0.25, 0.3) is 0 Å². The molecule has 15 heavy (non-hydrogen) atoms. The van der Waals surface area contributed by atoms with Crippen LogP contribution in [0.2, 0.25) is 0 Å². The second-order valence-electron chi connectivity index (χ2n) is 4.00. The van der Waals surface area contributed by atoms with Crippen LogP contribution in [-0.4, -0.2) is 27.5 Å². The zero-order valence-electron chi connectivity index (χ0n) is 9.02. The summed E-state index contributed by atoms with van der Waals surface area (Å²) in [6.45, 7) is 0.895. The Morgan fingerprint density at radius 3 is 2.87 bits per heavy atom. The Bertz CT molecular complexity index is 291. The van der Waals surface area contributed by atoms with Gasteiger partial charge in [-0.2, -0.15) is 11.8 Å². The first kappa shape index (κ1) is 10.9. The molecule has 1 aliphatic carbocycles. The molecule has 0 radical (unpaired) electrons. The smallest absolute Gasteiger partial charge is 0.115 e. The maximum atomic E-state index is 4.01. The summed E-state index contributed by atoms with van der Waals surface area (Å²) in [6, 6.07) is 0.683. The Balaban J connectivity index is 1.75. The van der Waals surface area contributed by atoms with Gasteiger partial charge in [0.25, 0.3) is 0 Å². The van der Waals surface area contributed by atoms with Gasteiger partial charge in [0.15, 0.2) is 0 Å². The fourth-order valence-electron chi connectivity index (χ4n) is 2.02. The highest BCUT2D eigenvalue weighted by Crippen LogP contribution is 2.28. The van der Waals surface area contributed by atoms with E-state index in [1.165, 1.54) is 24.8 Å². The quantitative estimate of drug-likeness (QED) is 0.845. The number of nitrogens with one attached hydrogen (secondary N) is 1. The van der Waals surface area contributed by atoms with Crippen LogP contribution < -0.4 is 5.32 Å². The fourth-order valence-corrected chi connectivity index (χ4v) is 2.82. The molecule has 1 saturated carbocycles. The molecule has 3 nitrogen and oxygen atoms in total. The van der Waals surface area contributed by atoms with Gasteiger partial charge in [0.05, 0.1) is 0 Å². The predicted molar refractivity (Wildman–Crippen MR) is 63.8 cm³/mol. The minimum absolute atomic E-state index is 0.683. The van der Waals surface area contributed by atoms with Crippen LogP contribution in [0.15, 0.2) is 18.7 Å². The molecule has 2 rings (SSSR count). The summed E-state index contributed by atoms with van der Waals surface area (Å²) in [5, 5.41) is 4.42. The van der Waals surface area contributed by atoms with Crippen LogP contribution in [0.3, 0.4) is 0 Å². The van der Waals surface area contributed by atoms with Gasteiger partial charge in [-0.05, 0) is 25.5 Å². The molecular weight excluding hydrogens is 206 g/mol. The van der Waals surface area contributed by atoms with Crippen molar-refractivity contribution < 1.29 is 0 Å². The van der Waals surface area contributed by atoms with E-state index in [1.807, 2.05) is 24.2 Å². The van der Waals surface area contributed by atoms with Crippen LogP contribution in [0, 0.1) is 0 Å². The van der Waals surface area contributed by atoms with E-state index in [0.29, 0.717) is 6.04 Å². The van der Waals surface area contributed by atoms with Crippen molar-refractivity contribution in [2.75, 3.05) is 6.26 Å². The van der Waals surface area contributed by atoms with Crippen molar-refractivity contribution in [1.82, 2.24) is 15.3 Å². The molecule has 1 heterocycles. The van der Waals surface area contributed by atoms with Gasteiger partial charge in [-0.3, -0.25) is 0 Å². The Morgan fingerprint density at radius 2 is 2.20 bits per heavy atom. The van der Waals surface area contributed by atoms with Crippen LogP contribution in [0.1, 0.15) is 24.8 Å². The van der Waals surface area contributed by atoms with E-state index in [4.69, 9.17) is 0 Å². The summed E-state index contributed by atoms with van der Waals surface area (Å²) >= 11 is 1.99. The third kappa shape index (κ3) is 3.18. The molecule has 1 aliphatic rings. The first-order chi connectivity index (χ1) is 7.38. The highest BCUT2D eigenvalue weighted by molar-refractivity contribution is 7.99. The fraction of sp³-hybridized carbons (Fsp3) is 0.636. The van der Waals surface area contributed by atoms with E-state index in [9.17, 15) is 0 Å². The summed E-state index contributed by atoms with van der Waals surface area (Å²) in [7, 11) is 0. The largest absolute Gasteiger partial charge is 0.310 e. The summed E-state index contributed by atoms with van der Waals surface area (Å²) in [6.07, 6.45) is 11.5. The van der Waals surface area contributed by atoms with Crippen molar-refractivity contribution in [3.63, 3.8) is 0 Å². The molecule has 0 aromatic carbocycles. The molecule has 4 heteroatoms. The van der Waals surface area contributed by atoms with E-state index < -0.39 is 0 Å². The molecule has 0 saturated heterocycles. The third-order valence-electron chi connectivity index (χ3n) is 2.93. The van der Waals surface area contributed by atoms with Gasteiger partial charge in [-0.1, -0.05) is 0 Å². The molecule has 2 unspecified atom stereocenters. The van der Waals surface area contributed by atoms with Crippen molar-refractivity contribution in [2.45, 2.75) is 37.1 Å². The van der Waals surface area contributed by atoms with Gasteiger partial charge in [0.1, 0.15) is 6.33 Å². The lowest BCUT2D eigenvalue weighted by Gasteiger charge is -2.12. The number of nitrogens with zero attached hydrogens (tertiary/aromatic N) is 2. The Morgan fingerprint density at radius 1 is 1.40 bits per heavy atom. The lowest BCUT2D eigenvalue weighted by Crippen LogP contribution is -2.26. The summed E-state index contributed by atoms with van der Waals surface area (Å²) in [4.78, 5) is 8.01. The van der Waals surface area contributed by atoms with Gasteiger partial charge < -0.3 is 5.32 Å². The first-order valence-corrected chi connectivity index (χ1v) is 6.67. The summed E-state index contributed by atoms with van der Waals surface area (Å²) < 4.78 is 0. The van der Waals surface area contributed by atoms with Crippen molar-refractivity contribution >= 4 is 11.8 Å². The maximum Gasteiger partial charge on any atom is 0.115 e. The van der Waals surface area contributed by atoms with Crippen LogP contribution in [0.4, 0.5) is 0 Å². The zero-order valence-corrected chi connectivity index (χ0v) is 9.83. The average Bonchev–Trinajstić information content (AvgIpc) is 2.76. The average molecular weight is 223 g/mol. The molecular formula is C11H17N3S. The molecule has 1 aromatic heterocycles. The second-order valence-corrected chi connectivity index (χ2v) is 5.13. The van der Waals surface area contributed by atoms with Crippen LogP contribution >= 0.6 is 11.8 Å². The molecule has 1 N–H and O–H groups in total. The maximum absolute atomic E-state index is 4.01. The lowest BCUT2D eigenvalue weighted by atomic mass is 10.2. The minimum atomic E-state index is 0.683. The molecule has 1 aromatic rings. The summed E-state index contributed by atoms with van der Waals surface area (Å²) in [5.41, 5.74) is 1.17. The van der Waals surface area contributed by atoms with E-state index >= 15 is 0 Å². The third-order valence-corrected chi connectivity index (χ3v) is 4.02. The van der Waals surface area contributed by atoms with Crippen LogP contribution in [0.5, 0.6) is 0 Å². The van der Waals surface area contributed by atoms with Gasteiger partial charge >= 0.3 is 0 Å². The van der Waals surface area contributed by atoms with Crippen molar-refractivity contribution in [1.29, 1.82) is 0 Å². The standard InChI is InChI=1S/C11H17N3S/c1-15-11-3-2-10(4-11)14-7-9-5-12-8-13-6-9/h5-6,8,10-11,14H,2-4,7H2,1H3. The van der Waals surface area contributed by atoms with E-state index in [0.717, 1.165) is 11.8 Å². The van der Waals surface area contributed by atoms with Gasteiger partial charge in [-0.25, -0.2) is 9.97 Å². The number of hydrogen-bond acceptors (Lipinski definition) is 4. The van der Waals surface area contributed by atoms with E-state index in [1.54, 1.807) is 6.33 Å². The molecule has 0 bridgehead atoms.